The van der Waals surface area contributed by atoms with Crippen LogP contribution < -0.4 is 0 Å². The first-order valence-electron chi connectivity index (χ1n) is 4.06. The predicted octanol–water partition coefficient (Wildman–Crippen LogP) is -0.489. The number of rotatable bonds is 4. The van der Waals surface area contributed by atoms with Crippen LogP contribution in [0.2, 0.25) is 0 Å². The zero-order valence-electron chi connectivity index (χ0n) is 7.70. The maximum atomic E-state index is 8.83. The summed E-state index contributed by atoms with van der Waals surface area (Å²) in [7, 11) is 7.07. The third-order valence-electron chi connectivity index (χ3n) is 1.94. The Hall–Kier alpha value is 0.515. The molecule has 8 heteroatoms. The largest absolute Gasteiger partial charge is 0.380 e. The van der Waals surface area contributed by atoms with E-state index in [2.05, 4.69) is 16.3 Å². The van der Waals surface area contributed by atoms with Gasteiger partial charge in [-0.3, -0.25) is 0 Å². The predicted molar refractivity (Wildman–Crippen MR) is 54.5 cm³/mol. The Labute approximate surface area is 89.0 Å². The molecule has 1 fully saturated rings. The van der Waals surface area contributed by atoms with Crippen LogP contribution in [0, 0.1) is 0 Å². The lowest BCUT2D eigenvalue weighted by atomic mass is 9.96. The second-order valence-electron chi connectivity index (χ2n) is 3.01. The highest BCUT2D eigenvalue weighted by atomic mass is 32.5. The van der Waals surface area contributed by atoms with Gasteiger partial charge in [-0.25, -0.2) is 0 Å². The summed E-state index contributed by atoms with van der Waals surface area (Å²) in [6.07, 6.45) is -0.0206. The molecule has 80 valence electrons. The smallest absolute Gasteiger partial charge is 0.321 e. The average molecular weight is 238 g/mol. The van der Waals surface area contributed by atoms with Gasteiger partial charge in [0.1, 0.15) is 14.0 Å². The maximum Gasteiger partial charge on any atom is 0.321 e. The van der Waals surface area contributed by atoms with Crippen molar-refractivity contribution in [3.05, 3.63) is 0 Å². The average Bonchev–Trinajstić information content (AvgIpc) is 2.41. The summed E-state index contributed by atoms with van der Waals surface area (Å²) in [6.45, 7) is -3.64. The van der Waals surface area contributed by atoms with E-state index in [4.69, 9.17) is 27.1 Å². The highest BCUT2D eigenvalue weighted by Crippen LogP contribution is 2.37. The highest BCUT2D eigenvalue weighted by molar-refractivity contribution is 8.06. The molecule has 0 bridgehead atoms. The van der Waals surface area contributed by atoms with Crippen molar-refractivity contribution in [3.63, 3.8) is 0 Å². The van der Waals surface area contributed by atoms with Gasteiger partial charge in [-0.2, -0.15) is 0 Å². The molecule has 0 spiro atoms. The zero-order chi connectivity index (χ0) is 10.8. The van der Waals surface area contributed by atoms with Crippen LogP contribution in [-0.2, 0) is 25.8 Å². The van der Waals surface area contributed by atoms with Crippen molar-refractivity contribution in [3.8, 4) is 0 Å². The lowest BCUT2D eigenvalue weighted by molar-refractivity contribution is -0.0170. The van der Waals surface area contributed by atoms with Gasteiger partial charge in [-0.15, -0.1) is 0 Å². The van der Waals surface area contributed by atoms with Crippen molar-refractivity contribution < 1.29 is 23.8 Å². The van der Waals surface area contributed by atoms with Crippen LogP contribution in [0.3, 0.4) is 0 Å². The molecule has 2 N–H and O–H groups in total. The SMILES string of the molecule is [B][C@H]1CC(OC)[C@@H](COP(O)(O)=S)O1. The highest BCUT2D eigenvalue weighted by Gasteiger charge is 2.33. The Kier molecular flexibility index (Phi) is 4.52. The summed E-state index contributed by atoms with van der Waals surface area (Å²) in [5, 5.41) is 0. The first-order valence-corrected chi connectivity index (χ1v) is 6.69. The monoisotopic (exact) mass is 238 g/mol. The van der Waals surface area contributed by atoms with Crippen LogP contribution in [-0.4, -0.2) is 49.6 Å². The van der Waals surface area contributed by atoms with Crippen LogP contribution in [0.1, 0.15) is 6.42 Å². The summed E-state index contributed by atoms with van der Waals surface area (Å²) in [6, 6.07) is -0.399. The Morgan fingerprint density at radius 3 is 2.79 bits per heavy atom. The summed E-state index contributed by atoms with van der Waals surface area (Å²) in [4.78, 5) is 17.7. The van der Waals surface area contributed by atoms with Crippen LogP contribution in [0.25, 0.3) is 0 Å². The number of hydrogen-bond donors (Lipinski definition) is 2. The Morgan fingerprint density at radius 2 is 2.29 bits per heavy atom. The van der Waals surface area contributed by atoms with Crippen LogP contribution in [0.15, 0.2) is 0 Å². The molecule has 0 aliphatic carbocycles. The van der Waals surface area contributed by atoms with Gasteiger partial charge in [-0.1, -0.05) is 0 Å². The molecule has 0 aromatic carbocycles. The van der Waals surface area contributed by atoms with Gasteiger partial charge < -0.3 is 23.8 Å². The molecule has 1 saturated heterocycles. The van der Waals surface area contributed by atoms with Crippen molar-refractivity contribution in [2.45, 2.75) is 24.6 Å². The van der Waals surface area contributed by atoms with Crippen molar-refractivity contribution in [2.24, 2.45) is 0 Å². The molecule has 0 saturated carbocycles. The molecule has 14 heavy (non-hydrogen) atoms. The fraction of sp³-hybridized carbons (Fsp3) is 1.00. The minimum Gasteiger partial charge on any atom is -0.380 e. The van der Waals surface area contributed by atoms with Crippen molar-refractivity contribution >= 4 is 26.4 Å². The molecule has 0 amide bonds. The van der Waals surface area contributed by atoms with Gasteiger partial charge in [-0.05, 0) is 18.2 Å². The van der Waals surface area contributed by atoms with Gasteiger partial charge >= 0.3 is 6.72 Å². The van der Waals surface area contributed by atoms with Crippen LogP contribution in [0.4, 0.5) is 0 Å². The second-order valence-corrected chi connectivity index (χ2v) is 5.68. The summed E-state index contributed by atoms with van der Waals surface area (Å²) < 4.78 is 15.0. The quantitative estimate of drug-likeness (QED) is 0.508. The summed E-state index contributed by atoms with van der Waals surface area (Å²) >= 11 is 4.30. The van der Waals surface area contributed by atoms with Gasteiger partial charge in [0.25, 0.3) is 0 Å². The van der Waals surface area contributed by atoms with Crippen molar-refractivity contribution in [2.75, 3.05) is 13.7 Å². The normalized spacial score (nSPS) is 33.5. The van der Waals surface area contributed by atoms with E-state index in [1.54, 1.807) is 0 Å². The third kappa shape index (κ3) is 3.94. The molecule has 3 atom stereocenters. The van der Waals surface area contributed by atoms with Gasteiger partial charge in [0, 0.05) is 13.1 Å². The van der Waals surface area contributed by atoms with E-state index in [0.29, 0.717) is 6.42 Å². The molecule has 1 aliphatic heterocycles. The van der Waals surface area contributed by atoms with E-state index in [-0.39, 0.29) is 12.7 Å². The Balaban J connectivity index is 2.40. The van der Waals surface area contributed by atoms with Gasteiger partial charge in [0.05, 0.1) is 12.7 Å². The molecular formula is C6H12BO5PS. The standard InChI is InChI=1S/C6H12BO5PS/c1-10-4-2-6(7)12-5(4)3-11-13(8,9)14/h4-6H,2-3H2,1H3,(H2,8,9,14)/t4?,5-,6-/m1/s1. The molecule has 2 radical (unpaired) electrons. The lowest BCUT2D eigenvalue weighted by Crippen LogP contribution is -2.27. The lowest BCUT2D eigenvalue weighted by Gasteiger charge is -2.18. The van der Waals surface area contributed by atoms with E-state index in [9.17, 15) is 0 Å². The molecule has 0 aromatic rings. The first kappa shape index (κ1) is 12.6. The minimum absolute atomic E-state index is 0.0174. The number of ether oxygens (including phenoxy) is 2. The van der Waals surface area contributed by atoms with Gasteiger partial charge in [0.2, 0.25) is 0 Å². The number of methoxy groups -OCH3 is 1. The summed E-state index contributed by atoms with van der Waals surface area (Å²) in [5.41, 5.74) is 0. The number of hydrogen-bond acceptors (Lipinski definition) is 4. The Bertz CT molecular complexity index is 234. The van der Waals surface area contributed by atoms with Gasteiger partial charge in [0.15, 0.2) is 0 Å². The van der Waals surface area contributed by atoms with Crippen LogP contribution >= 0.6 is 6.72 Å². The molecule has 5 nitrogen and oxygen atoms in total. The van der Waals surface area contributed by atoms with Crippen molar-refractivity contribution in [1.82, 2.24) is 0 Å². The van der Waals surface area contributed by atoms with Crippen LogP contribution in [0.5, 0.6) is 0 Å². The fourth-order valence-electron chi connectivity index (χ4n) is 1.31. The van der Waals surface area contributed by atoms with E-state index in [1.165, 1.54) is 7.11 Å². The Morgan fingerprint density at radius 1 is 1.64 bits per heavy atom. The molecule has 0 aromatic heterocycles. The molecule has 1 unspecified atom stereocenters. The van der Waals surface area contributed by atoms with E-state index in [0.717, 1.165) is 0 Å². The molecule has 1 rings (SSSR count). The second kappa shape index (κ2) is 5.03. The zero-order valence-corrected chi connectivity index (χ0v) is 9.41. The third-order valence-corrected chi connectivity index (χ3v) is 2.74. The minimum atomic E-state index is -3.62. The van der Waals surface area contributed by atoms with E-state index in [1.807, 2.05) is 0 Å². The fourth-order valence-corrected chi connectivity index (χ4v) is 1.84. The van der Waals surface area contributed by atoms with Crippen molar-refractivity contribution in [1.29, 1.82) is 0 Å². The molecular weight excluding hydrogens is 226 g/mol. The van der Waals surface area contributed by atoms with E-state index < -0.39 is 18.8 Å². The maximum absolute atomic E-state index is 8.83. The molecule has 1 heterocycles. The first-order chi connectivity index (χ1) is 6.42. The van der Waals surface area contributed by atoms with E-state index >= 15 is 0 Å². The molecule has 1 aliphatic rings. The summed E-state index contributed by atoms with van der Waals surface area (Å²) in [5.74, 6) is 0. The topological polar surface area (TPSA) is 68.2 Å².